The molecule has 2 aromatic rings. The van der Waals surface area contributed by atoms with E-state index in [1.165, 1.54) is 23.5 Å². The molecule has 1 aromatic carbocycles. The highest BCUT2D eigenvalue weighted by atomic mass is 35.5. The quantitative estimate of drug-likeness (QED) is 0.731. The molecule has 0 bridgehead atoms. The first-order valence-electron chi connectivity index (χ1n) is 7.65. The van der Waals surface area contributed by atoms with Crippen LogP contribution in [0.25, 0.3) is 10.6 Å². The molecule has 4 nitrogen and oxygen atoms in total. The maximum absolute atomic E-state index is 12.6. The number of aromatic nitrogens is 1. The lowest BCUT2D eigenvalue weighted by Gasteiger charge is -2.13. The second-order valence-electron chi connectivity index (χ2n) is 5.84. The average Bonchev–Trinajstić information content (AvgIpc) is 3.17. The van der Waals surface area contributed by atoms with E-state index in [1.807, 2.05) is 5.38 Å². The van der Waals surface area contributed by atoms with Crippen LogP contribution < -0.4 is 10.6 Å². The molecule has 9 heteroatoms. The van der Waals surface area contributed by atoms with Crippen LogP contribution in [0.3, 0.4) is 0 Å². The first-order chi connectivity index (χ1) is 11.4. The Morgan fingerprint density at radius 2 is 1.96 bits per heavy atom. The van der Waals surface area contributed by atoms with Crippen LogP contribution in [-0.2, 0) is 12.7 Å². The van der Waals surface area contributed by atoms with Crippen LogP contribution in [0.5, 0.6) is 0 Å². The largest absolute Gasteiger partial charge is 0.416 e. The highest BCUT2D eigenvalue weighted by Crippen LogP contribution is 2.31. The van der Waals surface area contributed by atoms with E-state index in [0.717, 1.165) is 24.4 Å². The summed E-state index contributed by atoms with van der Waals surface area (Å²) in [5, 5.41) is 18.7. The SMILES string of the molecule is Cl.OC1CNCC1CNCc1csc(-c2ccc(C(F)(F)F)cc2)n1. The second-order valence-corrected chi connectivity index (χ2v) is 6.69. The van der Waals surface area contributed by atoms with E-state index in [0.29, 0.717) is 30.2 Å². The minimum Gasteiger partial charge on any atom is -0.391 e. The Labute approximate surface area is 153 Å². The zero-order chi connectivity index (χ0) is 17.2. The molecule has 138 valence electrons. The maximum Gasteiger partial charge on any atom is 0.416 e. The minimum absolute atomic E-state index is 0. The Kier molecular flexibility index (Phi) is 6.81. The van der Waals surface area contributed by atoms with E-state index in [9.17, 15) is 18.3 Å². The number of rotatable bonds is 5. The molecule has 2 heterocycles. The van der Waals surface area contributed by atoms with Gasteiger partial charge in [-0.15, -0.1) is 23.7 Å². The first-order valence-corrected chi connectivity index (χ1v) is 8.53. The molecular formula is C16H19ClF3N3OS. The van der Waals surface area contributed by atoms with Gasteiger partial charge in [0.2, 0.25) is 0 Å². The van der Waals surface area contributed by atoms with Gasteiger partial charge >= 0.3 is 6.18 Å². The molecule has 1 aromatic heterocycles. The third-order valence-electron chi connectivity index (χ3n) is 4.03. The molecule has 1 aliphatic rings. The Balaban J connectivity index is 0.00000225. The second kappa shape index (κ2) is 8.46. The summed E-state index contributed by atoms with van der Waals surface area (Å²) >= 11 is 1.41. The molecule has 0 amide bonds. The van der Waals surface area contributed by atoms with E-state index in [-0.39, 0.29) is 24.4 Å². The third kappa shape index (κ3) is 5.15. The summed E-state index contributed by atoms with van der Waals surface area (Å²) in [6.45, 7) is 2.69. The predicted octanol–water partition coefficient (Wildman–Crippen LogP) is 2.92. The maximum atomic E-state index is 12.6. The lowest BCUT2D eigenvalue weighted by Crippen LogP contribution is -2.30. The number of aliphatic hydroxyl groups is 1. The van der Waals surface area contributed by atoms with Crippen LogP contribution in [0.1, 0.15) is 11.3 Å². The van der Waals surface area contributed by atoms with Crippen LogP contribution in [0, 0.1) is 5.92 Å². The van der Waals surface area contributed by atoms with Crippen LogP contribution in [0.15, 0.2) is 29.6 Å². The fraction of sp³-hybridized carbons (Fsp3) is 0.438. The lowest BCUT2D eigenvalue weighted by molar-refractivity contribution is -0.137. The van der Waals surface area contributed by atoms with Crippen molar-refractivity contribution in [2.45, 2.75) is 18.8 Å². The van der Waals surface area contributed by atoms with Crippen molar-refractivity contribution in [1.29, 1.82) is 0 Å². The van der Waals surface area contributed by atoms with Gasteiger partial charge in [0.15, 0.2) is 0 Å². The number of nitrogens with zero attached hydrogens (tertiary/aromatic N) is 1. The van der Waals surface area contributed by atoms with Gasteiger partial charge in [-0.1, -0.05) is 12.1 Å². The van der Waals surface area contributed by atoms with Gasteiger partial charge in [-0.25, -0.2) is 4.98 Å². The van der Waals surface area contributed by atoms with Gasteiger partial charge in [-0.05, 0) is 12.1 Å². The van der Waals surface area contributed by atoms with Crippen molar-refractivity contribution in [3.8, 4) is 10.6 Å². The number of nitrogens with one attached hydrogen (secondary N) is 2. The van der Waals surface area contributed by atoms with Crippen molar-refractivity contribution in [2.24, 2.45) is 5.92 Å². The molecule has 1 aliphatic heterocycles. The number of aliphatic hydroxyl groups excluding tert-OH is 1. The summed E-state index contributed by atoms with van der Waals surface area (Å²) in [4.78, 5) is 4.45. The van der Waals surface area contributed by atoms with Crippen LogP contribution in [0.2, 0.25) is 0 Å². The number of thiazole rings is 1. The molecule has 1 fully saturated rings. The smallest absolute Gasteiger partial charge is 0.391 e. The lowest BCUT2D eigenvalue weighted by atomic mass is 10.1. The topological polar surface area (TPSA) is 57.2 Å². The summed E-state index contributed by atoms with van der Waals surface area (Å²) in [6.07, 6.45) is -4.65. The number of benzene rings is 1. The molecule has 2 unspecified atom stereocenters. The predicted molar refractivity (Wildman–Crippen MR) is 93.9 cm³/mol. The molecule has 0 radical (unpaired) electrons. The van der Waals surface area contributed by atoms with E-state index in [1.54, 1.807) is 0 Å². The van der Waals surface area contributed by atoms with Crippen LogP contribution >= 0.6 is 23.7 Å². The molecule has 3 N–H and O–H groups in total. The monoisotopic (exact) mass is 393 g/mol. The van der Waals surface area contributed by atoms with Gasteiger partial charge in [0.1, 0.15) is 5.01 Å². The Bertz CT molecular complexity index is 678. The zero-order valence-electron chi connectivity index (χ0n) is 13.2. The molecular weight excluding hydrogens is 375 g/mol. The van der Waals surface area contributed by atoms with Gasteiger partial charge < -0.3 is 15.7 Å². The first kappa shape index (κ1) is 20.1. The normalized spacial score (nSPS) is 20.5. The van der Waals surface area contributed by atoms with Crippen molar-refractivity contribution in [2.75, 3.05) is 19.6 Å². The summed E-state index contributed by atoms with van der Waals surface area (Å²) in [5.41, 5.74) is 0.860. The molecule has 25 heavy (non-hydrogen) atoms. The summed E-state index contributed by atoms with van der Waals surface area (Å²) in [5.74, 6) is 0.193. The molecule has 0 aliphatic carbocycles. The molecule has 3 rings (SSSR count). The van der Waals surface area contributed by atoms with Gasteiger partial charge in [0.25, 0.3) is 0 Å². The molecule has 2 atom stereocenters. The highest BCUT2D eigenvalue weighted by Gasteiger charge is 2.30. The van der Waals surface area contributed by atoms with Crippen LogP contribution in [-0.4, -0.2) is 35.8 Å². The Hall–Kier alpha value is -1.19. The number of hydrogen-bond acceptors (Lipinski definition) is 5. The summed E-state index contributed by atoms with van der Waals surface area (Å²) in [7, 11) is 0. The van der Waals surface area contributed by atoms with E-state index in [2.05, 4.69) is 15.6 Å². The number of alkyl halides is 3. The fourth-order valence-corrected chi connectivity index (χ4v) is 3.46. The van der Waals surface area contributed by atoms with Crippen molar-refractivity contribution in [1.82, 2.24) is 15.6 Å². The van der Waals surface area contributed by atoms with Crippen molar-refractivity contribution in [3.63, 3.8) is 0 Å². The Morgan fingerprint density at radius 1 is 1.24 bits per heavy atom. The molecule has 0 saturated carbocycles. The number of hydrogen-bond donors (Lipinski definition) is 3. The highest BCUT2D eigenvalue weighted by molar-refractivity contribution is 7.13. The third-order valence-corrected chi connectivity index (χ3v) is 4.97. The van der Waals surface area contributed by atoms with Gasteiger partial charge in [0, 0.05) is 43.0 Å². The number of halogens is 4. The summed E-state index contributed by atoms with van der Waals surface area (Å²) in [6, 6.07) is 5.03. The molecule has 0 spiro atoms. The van der Waals surface area contributed by atoms with E-state index >= 15 is 0 Å². The van der Waals surface area contributed by atoms with E-state index < -0.39 is 11.7 Å². The van der Waals surface area contributed by atoms with E-state index in [4.69, 9.17) is 0 Å². The zero-order valence-corrected chi connectivity index (χ0v) is 14.8. The van der Waals surface area contributed by atoms with Crippen molar-refractivity contribution < 1.29 is 18.3 Å². The molecule has 1 saturated heterocycles. The van der Waals surface area contributed by atoms with Crippen molar-refractivity contribution >= 4 is 23.7 Å². The van der Waals surface area contributed by atoms with Crippen LogP contribution in [0.4, 0.5) is 13.2 Å². The Morgan fingerprint density at radius 3 is 2.56 bits per heavy atom. The van der Waals surface area contributed by atoms with Crippen molar-refractivity contribution in [3.05, 3.63) is 40.9 Å². The average molecular weight is 394 g/mol. The number of β-amino-alcohol motifs (C(OH)–C–C–N with tert-alkyl or cyclic N) is 1. The standard InChI is InChI=1S/C16H18F3N3OS.ClH/c17-16(18,19)12-3-1-10(2-4-12)15-22-13(9-24-15)7-20-5-11-6-21-8-14(11)23;/h1-4,9,11,14,20-21,23H,5-8H2;1H. The fourth-order valence-electron chi connectivity index (χ4n) is 2.64. The minimum atomic E-state index is -4.32. The summed E-state index contributed by atoms with van der Waals surface area (Å²) < 4.78 is 37.7. The van der Waals surface area contributed by atoms with Gasteiger partial charge in [0.05, 0.1) is 17.4 Å². The van der Waals surface area contributed by atoms with Gasteiger partial charge in [-0.3, -0.25) is 0 Å². The van der Waals surface area contributed by atoms with Gasteiger partial charge in [-0.2, -0.15) is 13.2 Å².